The standard InChI is InChI=1S/C27H28F3N5O2S/c1-14-5-17(9-20(6-14)33-24-31-4-3-22(34-24)27(28,29)30)21-13-32-23(38-21)26(37)18-7-16-8-19(26)12-25(10-16,11-18)35-15(2)36/h3-6,9,13,16,18-19,37H,7-8,10-12H2,1-2H3,(H,35,36)(H,31,33,34)/t16?,18-,19-,25?,26?/m0/s1. The molecular formula is C27H28F3N5O2S. The van der Waals surface area contributed by atoms with E-state index in [9.17, 15) is 23.1 Å². The lowest BCUT2D eigenvalue weighted by Crippen LogP contribution is -2.66. The van der Waals surface area contributed by atoms with Crippen LogP contribution < -0.4 is 10.6 Å². The number of nitrogens with zero attached hydrogens (tertiary/aromatic N) is 3. The number of thiazole rings is 1. The van der Waals surface area contributed by atoms with Crippen molar-refractivity contribution >= 4 is 28.9 Å². The number of rotatable bonds is 5. The molecule has 1 amide bonds. The van der Waals surface area contributed by atoms with E-state index in [1.54, 1.807) is 13.1 Å². The number of carbonyl (C=O) groups excluding carboxylic acids is 1. The summed E-state index contributed by atoms with van der Waals surface area (Å²) in [4.78, 5) is 25.0. The van der Waals surface area contributed by atoms with Gasteiger partial charge in [0.25, 0.3) is 0 Å². The molecule has 0 aliphatic heterocycles. The monoisotopic (exact) mass is 543 g/mol. The molecule has 200 valence electrons. The van der Waals surface area contributed by atoms with Crippen molar-refractivity contribution in [2.24, 2.45) is 17.8 Å². The van der Waals surface area contributed by atoms with Crippen molar-refractivity contribution in [2.45, 2.75) is 63.3 Å². The zero-order valence-electron chi connectivity index (χ0n) is 21.0. The molecule has 7 rings (SSSR count). The Labute approximate surface area is 221 Å². The van der Waals surface area contributed by atoms with Crippen molar-refractivity contribution in [3.8, 4) is 10.4 Å². The van der Waals surface area contributed by atoms with Crippen LogP contribution in [0.25, 0.3) is 10.4 Å². The van der Waals surface area contributed by atoms with Gasteiger partial charge in [-0.1, -0.05) is 6.07 Å². The van der Waals surface area contributed by atoms with Gasteiger partial charge in [0.15, 0.2) is 0 Å². The van der Waals surface area contributed by atoms with E-state index in [1.807, 2.05) is 25.1 Å². The number of aromatic nitrogens is 3. The van der Waals surface area contributed by atoms with Gasteiger partial charge in [0.2, 0.25) is 11.9 Å². The summed E-state index contributed by atoms with van der Waals surface area (Å²) in [5.41, 5.74) is 0.0254. The Kier molecular flexibility index (Phi) is 5.80. The molecular weight excluding hydrogens is 515 g/mol. The van der Waals surface area contributed by atoms with Crippen LogP contribution in [0.2, 0.25) is 0 Å². The Bertz CT molecular complexity index is 1390. The van der Waals surface area contributed by atoms with E-state index in [4.69, 9.17) is 0 Å². The number of carbonyl (C=O) groups is 1. The molecule has 1 aromatic carbocycles. The van der Waals surface area contributed by atoms with E-state index in [0.29, 0.717) is 16.6 Å². The Hall–Kier alpha value is -3.05. The molecule has 3 aromatic rings. The Morgan fingerprint density at radius 2 is 1.87 bits per heavy atom. The van der Waals surface area contributed by atoms with Crippen LogP contribution in [0.4, 0.5) is 24.8 Å². The molecule has 4 aliphatic rings. The van der Waals surface area contributed by atoms with Crippen LogP contribution in [0.15, 0.2) is 36.7 Å². The molecule has 3 N–H and O–H groups in total. The van der Waals surface area contributed by atoms with Crippen molar-refractivity contribution in [2.75, 3.05) is 5.32 Å². The van der Waals surface area contributed by atoms with Gasteiger partial charge >= 0.3 is 6.18 Å². The molecule has 2 aromatic heterocycles. The second-order valence-corrected chi connectivity index (χ2v) is 12.2. The van der Waals surface area contributed by atoms with E-state index in [-0.39, 0.29) is 29.2 Å². The van der Waals surface area contributed by atoms with Gasteiger partial charge in [0.05, 0.1) is 4.88 Å². The minimum Gasteiger partial charge on any atom is -0.382 e. The molecule has 7 nitrogen and oxygen atoms in total. The first-order valence-corrected chi connectivity index (χ1v) is 13.5. The van der Waals surface area contributed by atoms with Crippen LogP contribution in [0.3, 0.4) is 0 Å². The summed E-state index contributed by atoms with van der Waals surface area (Å²) in [6.07, 6.45) is 2.61. The fourth-order valence-electron chi connectivity index (χ4n) is 7.16. The van der Waals surface area contributed by atoms with E-state index >= 15 is 0 Å². The SMILES string of the molecule is CC(=O)NC12CC3C[C@@H](C1)C(O)(c1ncc(-c4cc(C)cc(Nc5nccc(C(F)(F)F)n5)c4)s1)[C@@H](C3)C2. The van der Waals surface area contributed by atoms with Gasteiger partial charge in [-0.3, -0.25) is 4.79 Å². The topological polar surface area (TPSA) is 100 Å². The molecule has 2 atom stereocenters. The molecule has 38 heavy (non-hydrogen) atoms. The number of hydrogen-bond acceptors (Lipinski definition) is 7. The van der Waals surface area contributed by atoms with Crippen molar-refractivity contribution < 1.29 is 23.1 Å². The summed E-state index contributed by atoms with van der Waals surface area (Å²) in [6, 6.07) is 6.43. The highest BCUT2D eigenvalue weighted by Crippen LogP contribution is 2.63. The lowest BCUT2D eigenvalue weighted by atomic mass is 9.47. The Morgan fingerprint density at radius 3 is 2.55 bits per heavy atom. The van der Waals surface area contributed by atoms with E-state index in [1.165, 1.54) is 11.3 Å². The van der Waals surface area contributed by atoms with E-state index in [0.717, 1.165) is 60.4 Å². The number of aryl methyl sites for hydroxylation is 1. The average molecular weight is 544 g/mol. The van der Waals surface area contributed by atoms with E-state index in [2.05, 4.69) is 25.6 Å². The fourth-order valence-corrected chi connectivity index (χ4v) is 8.31. The zero-order valence-corrected chi connectivity index (χ0v) is 21.8. The Morgan fingerprint density at radius 1 is 1.13 bits per heavy atom. The number of alkyl halides is 3. The highest BCUT2D eigenvalue weighted by Gasteiger charge is 2.63. The number of anilines is 2. The lowest BCUT2D eigenvalue weighted by molar-refractivity contribution is -0.192. The number of aliphatic hydroxyl groups is 1. The average Bonchev–Trinajstić information content (AvgIpc) is 3.32. The molecule has 0 radical (unpaired) electrons. The summed E-state index contributed by atoms with van der Waals surface area (Å²) < 4.78 is 39.2. The normalized spacial score (nSPS) is 29.9. The predicted molar refractivity (Wildman–Crippen MR) is 137 cm³/mol. The first kappa shape index (κ1) is 25.2. The first-order chi connectivity index (χ1) is 17.9. The third-order valence-electron chi connectivity index (χ3n) is 8.29. The fraction of sp³-hybridized carbons (Fsp3) is 0.481. The Balaban J connectivity index is 1.27. The quantitative estimate of drug-likeness (QED) is 0.389. The maximum absolute atomic E-state index is 13.1. The van der Waals surface area contributed by atoms with Crippen LogP contribution in [0, 0.1) is 24.7 Å². The van der Waals surface area contributed by atoms with Gasteiger partial charge in [-0.2, -0.15) is 13.2 Å². The van der Waals surface area contributed by atoms with E-state index < -0.39 is 17.5 Å². The van der Waals surface area contributed by atoms with Crippen molar-refractivity contribution in [1.82, 2.24) is 20.3 Å². The molecule has 0 saturated heterocycles. The predicted octanol–water partition coefficient (Wildman–Crippen LogP) is 5.57. The highest BCUT2D eigenvalue weighted by atomic mass is 32.1. The summed E-state index contributed by atoms with van der Waals surface area (Å²) in [7, 11) is 0. The van der Waals surface area contributed by atoms with Crippen molar-refractivity contribution in [1.29, 1.82) is 0 Å². The molecule has 4 fully saturated rings. The van der Waals surface area contributed by atoms with Crippen LogP contribution in [-0.2, 0) is 16.6 Å². The molecule has 2 heterocycles. The first-order valence-electron chi connectivity index (χ1n) is 12.7. The van der Waals surface area contributed by atoms with Gasteiger partial charge in [0, 0.05) is 30.5 Å². The molecule has 0 spiro atoms. The summed E-state index contributed by atoms with van der Waals surface area (Å²) in [5, 5.41) is 18.9. The minimum absolute atomic E-state index is 0.0218. The number of amides is 1. The van der Waals surface area contributed by atoms with Crippen LogP contribution in [0.1, 0.15) is 55.3 Å². The van der Waals surface area contributed by atoms with Gasteiger partial charge in [-0.25, -0.2) is 15.0 Å². The van der Waals surface area contributed by atoms with Gasteiger partial charge < -0.3 is 15.7 Å². The van der Waals surface area contributed by atoms with Crippen LogP contribution >= 0.6 is 11.3 Å². The molecule has 0 unspecified atom stereocenters. The van der Waals surface area contributed by atoms with Crippen molar-refractivity contribution in [3.63, 3.8) is 0 Å². The van der Waals surface area contributed by atoms with Gasteiger partial charge in [-0.05, 0) is 86.1 Å². The second kappa shape index (κ2) is 8.74. The highest BCUT2D eigenvalue weighted by molar-refractivity contribution is 7.15. The van der Waals surface area contributed by atoms with Gasteiger partial charge in [0.1, 0.15) is 16.3 Å². The van der Waals surface area contributed by atoms with Crippen LogP contribution in [0.5, 0.6) is 0 Å². The maximum Gasteiger partial charge on any atom is 0.433 e. The van der Waals surface area contributed by atoms with Crippen LogP contribution in [-0.4, -0.2) is 31.5 Å². The summed E-state index contributed by atoms with van der Waals surface area (Å²) in [5.74, 6) is 0.408. The number of halogens is 3. The summed E-state index contributed by atoms with van der Waals surface area (Å²) >= 11 is 1.45. The second-order valence-electron chi connectivity index (χ2n) is 11.1. The smallest absolute Gasteiger partial charge is 0.382 e. The number of nitrogens with one attached hydrogen (secondary N) is 2. The number of benzene rings is 1. The largest absolute Gasteiger partial charge is 0.433 e. The third kappa shape index (κ3) is 4.35. The summed E-state index contributed by atoms with van der Waals surface area (Å²) in [6.45, 7) is 3.46. The number of hydrogen-bond donors (Lipinski definition) is 3. The molecule has 11 heteroatoms. The zero-order chi connectivity index (χ0) is 26.9. The molecule has 4 bridgehead atoms. The third-order valence-corrected chi connectivity index (χ3v) is 9.47. The minimum atomic E-state index is -4.56. The maximum atomic E-state index is 13.1. The molecule has 4 aliphatic carbocycles. The lowest BCUT2D eigenvalue weighted by Gasteiger charge is -2.62. The van der Waals surface area contributed by atoms with Gasteiger partial charge in [-0.15, -0.1) is 11.3 Å². The van der Waals surface area contributed by atoms with Crippen molar-refractivity contribution in [3.05, 3.63) is 52.9 Å². The molecule has 4 saturated carbocycles.